The second-order valence-electron chi connectivity index (χ2n) is 7.95. The maximum absolute atomic E-state index is 13.6. The molecule has 2 aromatic rings. The summed E-state index contributed by atoms with van der Waals surface area (Å²) in [5.74, 6) is 1.35. The summed E-state index contributed by atoms with van der Waals surface area (Å²) in [6.45, 7) is 3.01. The Labute approximate surface area is 182 Å². The molecule has 0 N–H and O–H groups in total. The van der Waals surface area contributed by atoms with Gasteiger partial charge < -0.3 is 24.0 Å². The van der Waals surface area contributed by atoms with Gasteiger partial charge in [0.25, 0.3) is 0 Å². The standard InChI is InChI=1S/C24H28N2O5/c1-15-7-10-20(30-3)23-18(15)6-5-11-25(23)24(28)16-12-22(27)26(14-16)19-9-8-17(29-2)13-21(19)31-4/h7-10,13,16H,5-6,11-12,14H2,1-4H3. The van der Waals surface area contributed by atoms with Crippen molar-refractivity contribution < 1.29 is 23.8 Å². The Balaban J connectivity index is 1.62. The van der Waals surface area contributed by atoms with Crippen molar-refractivity contribution in [1.82, 2.24) is 0 Å². The number of benzene rings is 2. The van der Waals surface area contributed by atoms with Gasteiger partial charge in [-0.15, -0.1) is 0 Å². The van der Waals surface area contributed by atoms with Crippen LogP contribution in [0.25, 0.3) is 0 Å². The summed E-state index contributed by atoms with van der Waals surface area (Å²) in [7, 11) is 4.76. The second kappa shape index (κ2) is 8.49. The molecule has 2 amide bonds. The van der Waals surface area contributed by atoms with E-state index in [0.717, 1.165) is 29.7 Å². The normalized spacial score (nSPS) is 18.1. The van der Waals surface area contributed by atoms with Gasteiger partial charge in [-0.3, -0.25) is 9.59 Å². The smallest absolute Gasteiger partial charge is 0.232 e. The van der Waals surface area contributed by atoms with E-state index >= 15 is 0 Å². The van der Waals surface area contributed by atoms with E-state index in [4.69, 9.17) is 14.2 Å². The minimum atomic E-state index is -0.421. The number of ether oxygens (including phenoxy) is 3. The molecule has 0 aromatic heterocycles. The van der Waals surface area contributed by atoms with Crippen LogP contribution in [0.2, 0.25) is 0 Å². The summed E-state index contributed by atoms with van der Waals surface area (Å²) in [6.07, 6.45) is 1.98. The molecule has 1 unspecified atom stereocenters. The molecule has 7 heteroatoms. The summed E-state index contributed by atoms with van der Waals surface area (Å²) in [5, 5.41) is 0. The summed E-state index contributed by atoms with van der Waals surface area (Å²) in [6, 6.07) is 9.27. The number of rotatable bonds is 5. The molecule has 2 aliphatic rings. The number of nitrogens with zero attached hydrogens (tertiary/aromatic N) is 2. The molecule has 0 spiro atoms. The van der Waals surface area contributed by atoms with Gasteiger partial charge in [-0.2, -0.15) is 0 Å². The lowest BCUT2D eigenvalue weighted by atomic mass is 9.94. The highest BCUT2D eigenvalue weighted by Crippen LogP contribution is 2.41. The Morgan fingerprint density at radius 2 is 1.81 bits per heavy atom. The first kappa shape index (κ1) is 21.0. The van der Waals surface area contributed by atoms with Crippen LogP contribution >= 0.6 is 0 Å². The summed E-state index contributed by atoms with van der Waals surface area (Å²) < 4.78 is 16.3. The van der Waals surface area contributed by atoms with Crippen LogP contribution in [-0.2, 0) is 16.0 Å². The van der Waals surface area contributed by atoms with E-state index in [1.807, 2.05) is 17.0 Å². The second-order valence-corrected chi connectivity index (χ2v) is 7.95. The van der Waals surface area contributed by atoms with Gasteiger partial charge in [-0.1, -0.05) is 6.07 Å². The van der Waals surface area contributed by atoms with Gasteiger partial charge in [0.15, 0.2) is 0 Å². The first-order valence-electron chi connectivity index (χ1n) is 10.5. The van der Waals surface area contributed by atoms with Gasteiger partial charge in [0, 0.05) is 25.6 Å². The number of carbonyl (C=O) groups is 2. The van der Waals surface area contributed by atoms with Crippen LogP contribution in [0, 0.1) is 12.8 Å². The average molecular weight is 424 g/mol. The molecule has 2 heterocycles. The van der Waals surface area contributed by atoms with E-state index in [1.165, 1.54) is 0 Å². The van der Waals surface area contributed by atoms with Crippen LogP contribution in [-0.4, -0.2) is 46.2 Å². The molecular weight excluding hydrogens is 396 g/mol. The number of fused-ring (bicyclic) bond motifs is 1. The fourth-order valence-corrected chi connectivity index (χ4v) is 4.57. The molecule has 0 bridgehead atoms. The van der Waals surface area contributed by atoms with Crippen molar-refractivity contribution in [3.05, 3.63) is 41.5 Å². The molecule has 164 valence electrons. The lowest BCUT2D eigenvalue weighted by molar-refractivity contribution is -0.124. The van der Waals surface area contributed by atoms with Crippen LogP contribution in [0.1, 0.15) is 24.0 Å². The van der Waals surface area contributed by atoms with Gasteiger partial charge in [0.1, 0.15) is 17.2 Å². The summed E-state index contributed by atoms with van der Waals surface area (Å²) in [4.78, 5) is 29.9. The third-order valence-electron chi connectivity index (χ3n) is 6.20. The van der Waals surface area contributed by atoms with Crippen LogP contribution in [0.4, 0.5) is 11.4 Å². The van der Waals surface area contributed by atoms with E-state index < -0.39 is 5.92 Å². The molecule has 0 radical (unpaired) electrons. The fourth-order valence-electron chi connectivity index (χ4n) is 4.57. The van der Waals surface area contributed by atoms with Gasteiger partial charge in [0.2, 0.25) is 11.8 Å². The molecule has 2 aliphatic heterocycles. The zero-order chi connectivity index (χ0) is 22.1. The third kappa shape index (κ3) is 3.69. The molecule has 0 aliphatic carbocycles. The average Bonchev–Trinajstić information content (AvgIpc) is 3.19. The zero-order valence-corrected chi connectivity index (χ0v) is 18.4. The number of anilines is 2. The Kier molecular flexibility index (Phi) is 5.76. The highest BCUT2D eigenvalue weighted by molar-refractivity contribution is 6.06. The summed E-state index contributed by atoms with van der Waals surface area (Å²) >= 11 is 0. The molecule has 1 saturated heterocycles. The third-order valence-corrected chi connectivity index (χ3v) is 6.20. The van der Waals surface area contributed by atoms with Crippen molar-refractivity contribution in [3.8, 4) is 17.2 Å². The summed E-state index contributed by atoms with van der Waals surface area (Å²) in [5.41, 5.74) is 3.81. The molecule has 4 rings (SSSR count). The van der Waals surface area contributed by atoms with Crippen molar-refractivity contribution >= 4 is 23.2 Å². The maximum atomic E-state index is 13.6. The Bertz CT molecular complexity index is 1020. The topological polar surface area (TPSA) is 68.3 Å². The molecule has 7 nitrogen and oxygen atoms in total. The van der Waals surface area contributed by atoms with Gasteiger partial charge in [0.05, 0.1) is 38.6 Å². The number of methoxy groups -OCH3 is 3. The molecule has 31 heavy (non-hydrogen) atoms. The van der Waals surface area contributed by atoms with E-state index in [9.17, 15) is 9.59 Å². The molecule has 1 fully saturated rings. The van der Waals surface area contributed by atoms with E-state index in [0.29, 0.717) is 36.0 Å². The van der Waals surface area contributed by atoms with E-state index in [2.05, 4.69) is 6.92 Å². The lowest BCUT2D eigenvalue weighted by Crippen LogP contribution is -2.41. The highest BCUT2D eigenvalue weighted by atomic mass is 16.5. The van der Waals surface area contributed by atoms with Crippen molar-refractivity contribution in [2.75, 3.05) is 44.2 Å². The van der Waals surface area contributed by atoms with Crippen molar-refractivity contribution in [2.24, 2.45) is 5.92 Å². The van der Waals surface area contributed by atoms with E-state index in [1.54, 1.807) is 44.4 Å². The molecule has 1 atom stereocenters. The predicted octanol–water partition coefficient (Wildman–Crippen LogP) is 3.35. The fraction of sp³-hybridized carbons (Fsp3) is 0.417. The molecule has 0 saturated carbocycles. The van der Waals surface area contributed by atoms with Crippen LogP contribution in [0.3, 0.4) is 0 Å². The number of hydrogen-bond donors (Lipinski definition) is 0. The maximum Gasteiger partial charge on any atom is 0.232 e. The van der Waals surface area contributed by atoms with Crippen LogP contribution in [0.5, 0.6) is 17.2 Å². The number of carbonyl (C=O) groups excluding carboxylic acids is 2. The quantitative estimate of drug-likeness (QED) is 0.736. The minimum absolute atomic E-state index is 0.0341. The Hall–Kier alpha value is -3.22. The van der Waals surface area contributed by atoms with Crippen molar-refractivity contribution in [3.63, 3.8) is 0 Å². The first-order valence-corrected chi connectivity index (χ1v) is 10.5. The molecule has 2 aromatic carbocycles. The van der Waals surface area contributed by atoms with Crippen LogP contribution < -0.4 is 24.0 Å². The monoisotopic (exact) mass is 424 g/mol. The largest absolute Gasteiger partial charge is 0.497 e. The van der Waals surface area contributed by atoms with E-state index in [-0.39, 0.29) is 18.2 Å². The van der Waals surface area contributed by atoms with Gasteiger partial charge in [-0.05, 0) is 49.1 Å². The highest BCUT2D eigenvalue weighted by Gasteiger charge is 2.40. The van der Waals surface area contributed by atoms with Gasteiger partial charge in [-0.25, -0.2) is 0 Å². The SMILES string of the molecule is COc1ccc(N2CC(C(=O)N3CCCc4c(C)ccc(OC)c43)CC2=O)c(OC)c1. The Morgan fingerprint density at radius 3 is 2.52 bits per heavy atom. The minimum Gasteiger partial charge on any atom is -0.497 e. The molecular formula is C24H28N2O5. The van der Waals surface area contributed by atoms with Crippen LogP contribution in [0.15, 0.2) is 30.3 Å². The Morgan fingerprint density at radius 1 is 1.03 bits per heavy atom. The van der Waals surface area contributed by atoms with Gasteiger partial charge >= 0.3 is 0 Å². The predicted molar refractivity (Wildman–Crippen MR) is 118 cm³/mol. The zero-order valence-electron chi connectivity index (χ0n) is 18.4. The lowest BCUT2D eigenvalue weighted by Gasteiger charge is -2.33. The number of hydrogen-bond acceptors (Lipinski definition) is 5. The van der Waals surface area contributed by atoms with Crippen molar-refractivity contribution in [2.45, 2.75) is 26.2 Å². The number of aryl methyl sites for hydroxylation is 1. The number of amides is 2. The first-order chi connectivity index (χ1) is 15.0. The van der Waals surface area contributed by atoms with Crippen molar-refractivity contribution in [1.29, 1.82) is 0 Å².